The molecule has 0 aromatic heterocycles. The maximum atomic E-state index is 11.5. The van der Waals surface area contributed by atoms with Gasteiger partial charge < -0.3 is 20.5 Å². The minimum Gasteiger partial charge on any atom is -0.486 e. The minimum atomic E-state index is -0.169. The van der Waals surface area contributed by atoms with Gasteiger partial charge >= 0.3 is 0 Å². The summed E-state index contributed by atoms with van der Waals surface area (Å²) in [5.41, 5.74) is 6.83. The third-order valence-corrected chi connectivity index (χ3v) is 2.39. The molecular formula is C13H20N2O3. The second kappa shape index (κ2) is 6.86. The lowest BCUT2D eigenvalue weighted by molar-refractivity contribution is 0.0660. The van der Waals surface area contributed by atoms with Gasteiger partial charge in [0.15, 0.2) is 0 Å². The van der Waals surface area contributed by atoms with Gasteiger partial charge in [0.25, 0.3) is 5.91 Å². The van der Waals surface area contributed by atoms with Crippen LogP contribution >= 0.6 is 0 Å². The Morgan fingerprint density at radius 2 is 2.22 bits per heavy atom. The molecule has 1 atom stereocenters. The van der Waals surface area contributed by atoms with E-state index in [2.05, 4.69) is 5.32 Å². The van der Waals surface area contributed by atoms with Crippen molar-refractivity contribution >= 4 is 11.6 Å². The van der Waals surface area contributed by atoms with Gasteiger partial charge in [-0.05, 0) is 32.0 Å². The van der Waals surface area contributed by atoms with Gasteiger partial charge in [-0.2, -0.15) is 0 Å². The molecule has 3 N–H and O–H groups in total. The molecule has 1 amide bonds. The van der Waals surface area contributed by atoms with Gasteiger partial charge in [0.05, 0.1) is 12.3 Å². The Morgan fingerprint density at radius 3 is 2.83 bits per heavy atom. The minimum absolute atomic E-state index is 0.118. The monoisotopic (exact) mass is 252 g/mol. The summed E-state index contributed by atoms with van der Waals surface area (Å²) < 4.78 is 10.9. The lowest BCUT2D eigenvalue weighted by Gasteiger charge is -2.16. The fraction of sp³-hybridized carbons (Fsp3) is 0.462. The predicted molar refractivity (Wildman–Crippen MR) is 70.8 cm³/mol. The van der Waals surface area contributed by atoms with Gasteiger partial charge in [0.1, 0.15) is 11.9 Å². The van der Waals surface area contributed by atoms with Crippen LogP contribution in [0.3, 0.4) is 0 Å². The lowest BCUT2D eigenvalue weighted by Crippen LogP contribution is -2.21. The van der Waals surface area contributed by atoms with E-state index in [1.807, 2.05) is 13.8 Å². The molecule has 1 rings (SSSR count). The number of nitrogens with two attached hydrogens (primary N) is 1. The first kappa shape index (κ1) is 14.3. The molecule has 0 radical (unpaired) electrons. The van der Waals surface area contributed by atoms with Crippen molar-refractivity contribution in [2.75, 3.05) is 26.0 Å². The fourth-order valence-corrected chi connectivity index (χ4v) is 1.46. The summed E-state index contributed by atoms with van der Waals surface area (Å²) in [6.07, 6.45) is -0.118. The van der Waals surface area contributed by atoms with E-state index >= 15 is 0 Å². The zero-order valence-corrected chi connectivity index (χ0v) is 11.0. The number of anilines is 1. The summed E-state index contributed by atoms with van der Waals surface area (Å²) in [5.74, 6) is 0.334. The van der Waals surface area contributed by atoms with Crippen LogP contribution in [0.4, 0.5) is 5.69 Å². The summed E-state index contributed by atoms with van der Waals surface area (Å²) in [6.45, 7) is 4.94. The highest BCUT2D eigenvalue weighted by atomic mass is 16.5. The second-order valence-electron chi connectivity index (χ2n) is 3.92. The molecule has 5 nitrogen and oxygen atoms in total. The van der Waals surface area contributed by atoms with Crippen LogP contribution in [0.2, 0.25) is 0 Å². The van der Waals surface area contributed by atoms with Gasteiger partial charge in [0, 0.05) is 19.2 Å². The average Bonchev–Trinajstić information content (AvgIpc) is 2.38. The van der Waals surface area contributed by atoms with Crippen LogP contribution in [0.1, 0.15) is 24.2 Å². The highest BCUT2D eigenvalue weighted by molar-refractivity contribution is 5.95. The first-order chi connectivity index (χ1) is 8.58. The molecular weight excluding hydrogens is 232 g/mol. The Labute approximate surface area is 107 Å². The van der Waals surface area contributed by atoms with Crippen LogP contribution in [-0.4, -0.2) is 32.3 Å². The summed E-state index contributed by atoms with van der Waals surface area (Å²) in [4.78, 5) is 11.5. The maximum absolute atomic E-state index is 11.5. The molecule has 0 spiro atoms. The molecule has 0 saturated heterocycles. The van der Waals surface area contributed by atoms with Gasteiger partial charge in [-0.15, -0.1) is 0 Å². The fourth-order valence-electron chi connectivity index (χ4n) is 1.46. The zero-order valence-electron chi connectivity index (χ0n) is 11.0. The van der Waals surface area contributed by atoms with E-state index < -0.39 is 0 Å². The van der Waals surface area contributed by atoms with Crippen LogP contribution in [-0.2, 0) is 4.74 Å². The van der Waals surface area contributed by atoms with Crippen molar-refractivity contribution in [1.82, 2.24) is 5.32 Å². The van der Waals surface area contributed by atoms with Crippen molar-refractivity contribution in [3.05, 3.63) is 23.8 Å². The van der Waals surface area contributed by atoms with E-state index in [0.717, 1.165) is 0 Å². The molecule has 0 bridgehead atoms. The van der Waals surface area contributed by atoms with Crippen LogP contribution in [0.25, 0.3) is 0 Å². The Kier molecular flexibility index (Phi) is 5.45. The van der Waals surface area contributed by atoms with E-state index in [1.54, 1.807) is 25.2 Å². The number of carbonyl (C=O) groups is 1. The summed E-state index contributed by atoms with van der Waals surface area (Å²) in [5, 5.41) is 2.56. The smallest absolute Gasteiger partial charge is 0.251 e. The lowest BCUT2D eigenvalue weighted by atomic mass is 10.2. The molecule has 0 aliphatic heterocycles. The van der Waals surface area contributed by atoms with E-state index in [0.29, 0.717) is 30.2 Å². The van der Waals surface area contributed by atoms with Crippen molar-refractivity contribution in [1.29, 1.82) is 0 Å². The largest absolute Gasteiger partial charge is 0.486 e. The number of rotatable bonds is 6. The first-order valence-electron chi connectivity index (χ1n) is 5.94. The third-order valence-electron chi connectivity index (χ3n) is 2.39. The SMILES string of the molecule is CCOCC(C)Oc1cc(C(=O)NC)ccc1N. The molecule has 0 aliphatic rings. The number of carbonyl (C=O) groups excluding carboxylic acids is 1. The topological polar surface area (TPSA) is 73.6 Å². The number of amides is 1. The Morgan fingerprint density at radius 1 is 1.50 bits per heavy atom. The zero-order chi connectivity index (χ0) is 13.5. The van der Waals surface area contributed by atoms with Crippen molar-refractivity contribution in [3.63, 3.8) is 0 Å². The summed E-state index contributed by atoms with van der Waals surface area (Å²) in [6, 6.07) is 4.96. The molecule has 0 heterocycles. The van der Waals surface area contributed by atoms with Gasteiger partial charge in [-0.3, -0.25) is 4.79 Å². The second-order valence-corrected chi connectivity index (χ2v) is 3.92. The Hall–Kier alpha value is -1.75. The van der Waals surface area contributed by atoms with Crippen LogP contribution in [0.15, 0.2) is 18.2 Å². The number of hydrogen-bond donors (Lipinski definition) is 2. The van der Waals surface area contributed by atoms with E-state index in [9.17, 15) is 4.79 Å². The van der Waals surface area contributed by atoms with Crippen LogP contribution < -0.4 is 15.8 Å². The first-order valence-corrected chi connectivity index (χ1v) is 5.94. The molecule has 5 heteroatoms. The Bertz CT molecular complexity index is 407. The standard InChI is InChI=1S/C13H20N2O3/c1-4-17-8-9(2)18-12-7-10(13(16)15-3)5-6-11(12)14/h5-7,9H,4,8,14H2,1-3H3,(H,15,16). The van der Waals surface area contributed by atoms with Gasteiger partial charge in [0.2, 0.25) is 0 Å². The van der Waals surface area contributed by atoms with Crippen molar-refractivity contribution in [3.8, 4) is 5.75 Å². The summed E-state index contributed by atoms with van der Waals surface area (Å²) >= 11 is 0. The van der Waals surface area contributed by atoms with E-state index in [4.69, 9.17) is 15.2 Å². The van der Waals surface area contributed by atoms with Crippen molar-refractivity contribution in [2.24, 2.45) is 0 Å². The average molecular weight is 252 g/mol. The normalized spacial score (nSPS) is 11.9. The number of nitrogen functional groups attached to an aromatic ring is 1. The number of hydrogen-bond acceptors (Lipinski definition) is 4. The molecule has 100 valence electrons. The summed E-state index contributed by atoms with van der Waals surface area (Å²) in [7, 11) is 1.58. The molecule has 0 fully saturated rings. The Balaban J connectivity index is 2.77. The molecule has 1 aromatic carbocycles. The highest BCUT2D eigenvalue weighted by Gasteiger charge is 2.10. The third kappa shape index (κ3) is 3.92. The quantitative estimate of drug-likeness (QED) is 0.751. The molecule has 18 heavy (non-hydrogen) atoms. The molecule has 1 aromatic rings. The van der Waals surface area contributed by atoms with Crippen molar-refractivity contribution in [2.45, 2.75) is 20.0 Å². The number of ether oxygens (including phenoxy) is 2. The molecule has 0 aliphatic carbocycles. The van der Waals surface area contributed by atoms with Gasteiger partial charge in [-0.1, -0.05) is 0 Å². The molecule has 1 unspecified atom stereocenters. The van der Waals surface area contributed by atoms with Crippen molar-refractivity contribution < 1.29 is 14.3 Å². The number of nitrogens with one attached hydrogen (secondary N) is 1. The van der Waals surface area contributed by atoms with Crippen LogP contribution in [0.5, 0.6) is 5.75 Å². The molecule has 0 saturated carbocycles. The van der Waals surface area contributed by atoms with Crippen LogP contribution in [0, 0.1) is 0 Å². The highest BCUT2D eigenvalue weighted by Crippen LogP contribution is 2.24. The number of benzene rings is 1. The van der Waals surface area contributed by atoms with E-state index in [1.165, 1.54) is 0 Å². The maximum Gasteiger partial charge on any atom is 0.251 e. The van der Waals surface area contributed by atoms with Gasteiger partial charge in [-0.25, -0.2) is 0 Å². The van der Waals surface area contributed by atoms with E-state index in [-0.39, 0.29) is 12.0 Å². The predicted octanol–water partition coefficient (Wildman–Crippen LogP) is 1.43.